The fourth-order valence-corrected chi connectivity index (χ4v) is 3.80. The van der Waals surface area contributed by atoms with Gasteiger partial charge in [-0.2, -0.15) is 0 Å². The summed E-state index contributed by atoms with van der Waals surface area (Å²) in [4.78, 5) is 13.3. The fraction of sp³-hybridized carbons (Fsp3) is 0.600. The second-order valence-electron chi connectivity index (χ2n) is 6.20. The van der Waals surface area contributed by atoms with Crippen LogP contribution in [0.2, 0.25) is 0 Å². The van der Waals surface area contributed by atoms with Crippen LogP contribution >= 0.6 is 0 Å². The SMILES string of the molecule is Cc1cccc(N2C[C@H]3CCC(N)C[C@H]3C2)c1[N+](=O)[O-]. The molecule has 1 aromatic rings. The third kappa shape index (κ3) is 2.26. The summed E-state index contributed by atoms with van der Waals surface area (Å²) in [5.41, 5.74) is 7.82. The number of nitro benzene ring substituents is 1. The Morgan fingerprint density at radius 3 is 2.80 bits per heavy atom. The molecular weight excluding hydrogens is 254 g/mol. The van der Waals surface area contributed by atoms with Gasteiger partial charge in [0.05, 0.1) is 4.92 Å². The number of benzene rings is 1. The van der Waals surface area contributed by atoms with E-state index >= 15 is 0 Å². The number of anilines is 1. The van der Waals surface area contributed by atoms with E-state index in [1.54, 1.807) is 13.0 Å². The zero-order chi connectivity index (χ0) is 14.3. The van der Waals surface area contributed by atoms with Crippen LogP contribution in [0.15, 0.2) is 18.2 Å². The third-order valence-corrected chi connectivity index (χ3v) is 4.83. The summed E-state index contributed by atoms with van der Waals surface area (Å²) in [5.74, 6) is 1.24. The summed E-state index contributed by atoms with van der Waals surface area (Å²) in [7, 11) is 0. The molecule has 3 atom stereocenters. The Morgan fingerprint density at radius 2 is 2.05 bits per heavy atom. The number of hydrogen-bond donors (Lipinski definition) is 1. The van der Waals surface area contributed by atoms with Crippen molar-refractivity contribution in [2.45, 2.75) is 32.2 Å². The molecule has 0 spiro atoms. The van der Waals surface area contributed by atoms with E-state index in [4.69, 9.17) is 5.73 Å². The van der Waals surface area contributed by atoms with Gasteiger partial charge < -0.3 is 10.6 Å². The van der Waals surface area contributed by atoms with Crippen molar-refractivity contribution < 1.29 is 4.92 Å². The lowest BCUT2D eigenvalue weighted by atomic mass is 9.79. The lowest BCUT2D eigenvalue weighted by Crippen LogP contribution is -2.32. The number of fused-ring (bicyclic) bond motifs is 1. The van der Waals surface area contributed by atoms with Crippen LogP contribution < -0.4 is 10.6 Å². The second-order valence-corrected chi connectivity index (χ2v) is 6.20. The van der Waals surface area contributed by atoms with Crippen molar-refractivity contribution in [3.05, 3.63) is 33.9 Å². The zero-order valence-electron chi connectivity index (χ0n) is 11.8. The molecule has 2 fully saturated rings. The molecule has 2 N–H and O–H groups in total. The van der Waals surface area contributed by atoms with Crippen LogP contribution in [0.3, 0.4) is 0 Å². The Morgan fingerprint density at radius 1 is 1.30 bits per heavy atom. The highest BCUT2D eigenvalue weighted by molar-refractivity contribution is 5.67. The van der Waals surface area contributed by atoms with E-state index < -0.39 is 0 Å². The van der Waals surface area contributed by atoms with Gasteiger partial charge in [0.1, 0.15) is 5.69 Å². The molecule has 1 saturated heterocycles. The fourth-order valence-electron chi connectivity index (χ4n) is 3.80. The van der Waals surface area contributed by atoms with Crippen LogP contribution in [0.4, 0.5) is 11.4 Å². The molecule has 3 rings (SSSR count). The molecule has 0 bridgehead atoms. The molecule has 1 aliphatic carbocycles. The minimum Gasteiger partial charge on any atom is -0.365 e. The van der Waals surface area contributed by atoms with E-state index in [0.29, 0.717) is 17.9 Å². The minimum absolute atomic E-state index is 0.252. The highest BCUT2D eigenvalue weighted by atomic mass is 16.6. The molecule has 0 radical (unpaired) electrons. The highest BCUT2D eigenvalue weighted by Gasteiger charge is 2.38. The molecule has 0 amide bonds. The number of aryl methyl sites for hydroxylation is 1. The predicted molar refractivity (Wildman–Crippen MR) is 78.9 cm³/mol. The number of nitro groups is 1. The normalized spacial score (nSPS) is 29.3. The van der Waals surface area contributed by atoms with Crippen LogP contribution in [-0.4, -0.2) is 24.1 Å². The van der Waals surface area contributed by atoms with Crippen LogP contribution in [0, 0.1) is 28.9 Å². The maximum absolute atomic E-state index is 11.3. The molecule has 1 saturated carbocycles. The lowest BCUT2D eigenvalue weighted by Gasteiger charge is -2.27. The summed E-state index contributed by atoms with van der Waals surface area (Å²) < 4.78 is 0. The molecule has 2 aliphatic rings. The number of nitrogens with zero attached hydrogens (tertiary/aromatic N) is 2. The lowest BCUT2D eigenvalue weighted by molar-refractivity contribution is -0.384. The minimum atomic E-state index is -0.252. The van der Waals surface area contributed by atoms with Crippen molar-refractivity contribution >= 4 is 11.4 Å². The van der Waals surface area contributed by atoms with Crippen molar-refractivity contribution in [2.24, 2.45) is 17.6 Å². The second kappa shape index (κ2) is 5.05. The Hall–Kier alpha value is -1.62. The summed E-state index contributed by atoms with van der Waals surface area (Å²) >= 11 is 0. The van der Waals surface area contributed by atoms with Gasteiger partial charge in [-0.25, -0.2) is 0 Å². The number of nitrogens with two attached hydrogens (primary N) is 1. The van der Waals surface area contributed by atoms with Gasteiger partial charge in [-0.15, -0.1) is 0 Å². The summed E-state index contributed by atoms with van der Waals surface area (Å²) in [6.07, 6.45) is 3.30. The Labute approximate surface area is 118 Å². The van der Waals surface area contributed by atoms with E-state index in [1.165, 1.54) is 0 Å². The van der Waals surface area contributed by atoms with Crippen molar-refractivity contribution in [3.8, 4) is 0 Å². The van der Waals surface area contributed by atoms with Gasteiger partial charge in [0.2, 0.25) is 0 Å². The third-order valence-electron chi connectivity index (χ3n) is 4.83. The molecule has 20 heavy (non-hydrogen) atoms. The first-order valence-electron chi connectivity index (χ1n) is 7.30. The first kappa shape index (κ1) is 13.4. The van der Waals surface area contributed by atoms with E-state index in [2.05, 4.69) is 4.90 Å². The highest BCUT2D eigenvalue weighted by Crippen LogP contribution is 2.41. The molecule has 0 aromatic heterocycles. The first-order chi connectivity index (χ1) is 9.56. The molecule has 5 heteroatoms. The maximum atomic E-state index is 11.3. The van der Waals surface area contributed by atoms with Gasteiger partial charge >= 0.3 is 0 Å². The van der Waals surface area contributed by atoms with Crippen LogP contribution in [-0.2, 0) is 0 Å². The Bertz CT molecular complexity index is 532. The molecule has 5 nitrogen and oxygen atoms in total. The van der Waals surface area contributed by atoms with Crippen molar-refractivity contribution in [1.29, 1.82) is 0 Å². The number of rotatable bonds is 2. The van der Waals surface area contributed by atoms with E-state index in [-0.39, 0.29) is 10.6 Å². The van der Waals surface area contributed by atoms with Gasteiger partial charge in [0, 0.05) is 24.7 Å². The van der Waals surface area contributed by atoms with Crippen LogP contribution in [0.5, 0.6) is 0 Å². The summed E-state index contributed by atoms with van der Waals surface area (Å²) in [6, 6.07) is 5.90. The monoisotopic (exact) mass is 275 g/mol. The maximum Gasteiger partial charge on any atom is 0.295 e. The van der Waals surface area contributed by atoms with E-state index in [0.717, 1.165) is 43.6 Å². The van der Waals surface area contributed by atoms with Crippen molar-refractivity contribution in [2.75, 3.05) is 18.0 Å². The topological polar surface area (TPSA) is 72.4 Å². The van der Waals surface area contributed by atoms with Gasteiger partial charge in [-0.1, -0.05) is 12.1 Å². The Balaban J connectivity index is 1.88. The summed E-state index contributed by atoms with van der Waals surface area (Å²) in [6.45, 7) is 3.64. The van der Waals surface area contributed by atoms with Crippen LogP contribution in [0.1, 0.15) is 24.8 Å². The largest absolute Gasteiger partial charge is 0.365 e. The van der Waals surface area contributed by atoms with Gasteiger partial charge in [-0.05, 0) is 44.1 Å². The average Bonchev–Trinajstić information content (AvgIpc) is 2.80. The van der Waals surface area contributed by atoms with Crippen molar-refractivity contribution in [1.82, 2.24) is 0 Å². The van der Waals surface area contributed by atoms with Gasteiger partial charge in [0.15, 0.2) is 0 Å². The number of para-hydroxylation sites is 1. The molecule has 1 unspecified atom stereocenters. The molecule has 108 valence electrons. The van der Waals surface area contributed by atoms with Gasteiger partial charge in [0.25, 0.3) is 5.69 Å². The first-order valence-corrected chi connectivity index (χ1v) is 7.30. The molecular formula is C15H21N3O2. The van der Waals surface area contributed by atoms with Gasteiger partial charge in [-0.3, -0.25) is 10.1 Å². The molecule has 1 aromatic carbocycles. The Kier molecular flexibility index (Phi) is 3.38. The number of hydrogen-bond acceptors (Lipinski definition) is 4. The average molecular weight is 275 g/mol. The van der Waals surface area contributed by atoms with E-state index in [1.807, 2.05) is 12.1 Å². The predicted octanol–water partition coefficient (Wildman–Crippen LogP) is 2.47. The molecule has 1 aliphatic heterocycles. The van der Waals surface area contributed by atoms with Crippen LogP contribution in [0.25, 0.3) is 0 Å². The molecule has 1 heterocycles. The zero-order valence-corrected chi connectivity index (χ0v) is 11.8. The quantitative estimate of drug-likeness (QED) is 0.664. The standard InChI is InChI=1S/C15H21N3O2/c1-10-3-2-4-14(15(10)18(19)20)17-8-11-5-6-13(16)7-12(11)9-17/h2-4,11-13H,5-9,16H2,1H3/t11-,12+,13?/m1/s1. The smallest absolute Gasteiger partial charge is 0.295 e. The summed E-state index contributed by atoms with van der Waals surface area (Å²) in [5, 5.41) is 11.3. The van der Waals surface area contributed by atoms with E-state index in [9.17, 15) is 10.1 Å². The van der Waals surface area contributed by atoms with Crippen molar-refractivity contribution in [3.63, 3.8) is 0 Å².